The number of hydrogen-bond acceptors (Lipinski definition) is 5. The molecule has 1 unspecified atom stereocenters. The maximum absolute atomic E-state index is 12.1. The quantitative estimate of drug-likeness (QED) is 0.905. The Kier molecular flexibility index (Phi) is 3.07. The van der Waals surface area contributed by atoms with Gasteiger partial charge < -0.3 is 10.1 Å². The van der Waals surface area contributed by atoms with E-state index in [2.05, 4.69) is 14.7 Å². The van der Waals surface area contributed by atoms with Gasteiger partial charge in [0.05, 0.1) is 11.6 Å². The van der Waals surface area contributed by atoms with Crippen LogP contribution in [0.3, 0.4) is 0 Å². The molecule has 5 nitrogen and oxygen atoms in total. The molecule has 6 heteroatoms. The van der Waals surface area contributed by atoms with Crippen molar-refractivity contribution in [3.05, 3.63) is 10.8 Å². The van der Waals surface area contributed by atoms with Gasteiger partial charge in [-0.3, -0.25) is 4.79 Å². The first-order valence-electron chi connectivity index (χ1n) is 6.44. The van der Waals surface area contributed by atoms with Gasteiger partial charge >= 0.3 is 0 Å². The number of nitrogens with zero attached hydrogens (tertiary/aromatic N) is 2. The SMILES string of the molecule is Cc1nsc(C(=O)NC2(C3CCCCO3)CC2)n1. The minimum atomic E-state index is -0.128. The second-order valence-corrected chi connectivity index (χ2v) is 5.86. The van der Waals surface area contributed by atoms with Crippen LogP contribution in [-0.4, -0.2) is 33.5 Å². The average Bonchev–Trinajstić information content (AvgIpc) is 3.04. The Labute approximate surface area is 110 Å². The summed E-state index contributed by atoms with van der Waals surface area (Å²) in [7, 11) is 0. The second kappa shape index (κ2) is 4.59. The van der Waals surface area contributed by atoms with E-state index in [1.54, 1.807) is 6.92 Å². The molecule has 98 valence electrons. The van der Waals surface area contributed by atoms with E-state index in [1.165, 1.54) is 6.42 Å². The monoisotopic (exact) mass is 267 g/mol. The Hall–Kier alpha value is -1.01. The average molecular weight is 267 g/mol. The number of aromatic nitrogens is 2. The Morgan fingerprint density at radius 1 is 1.50 bits per heavy atom. The van der Waals surface area contributed by atoms with Crippen LogP contribution in [0.5, 0.6) is 0 Å². The van der Waals surface area contributed by atoms with Gasteiger partial charge in [0.1, 0.15) is 5.82 Å². The predicted molar refractivity (Wildman–Crippen MR) is 67.7 cm³/mol. The van der Waals surface area contributed by atoms with Crippen molar-refractivity contribution < 1.29 is 9.53 Å². The number of ether oxygens (including phenoxy) is 1. The van der Waals surface area contributed by atoms with Crippen molar-refractivity contribution in [1.29, 1.82) is 0 Å². The highest BCUT2D eigenvalue weighted by atomic mass is 32.1. The molecule has 1 saturated carbocycles. The van der Waals surface area contributed by atoms with Crippen LogP contribution in [0.15, 0.2) is 0 Å². The topological polar surface area (TPSA) is 64.1 Å². The van der Waals surface area contributed by atoms with Crippen molar-refractivity contribution >= 4 is 17.4 Å². The lowest BCUT2D eigenvalue weighted by atomic mass is 10.00. The van der Waals surface area contributed by atoms with Crippen molar-refractivity contribution in [2.75, 3.05) is 6.61 Å². The molecule has 3 rings (SSSR count). The van der Waals surface area contributed by atoms with E-state index in [0.29, 0.717) is 10.8 Å². The number of carbonyl (C=O) groups is 1. The van der Waals surface area contributed by atoms with Gasteiger partial charge in [-0.15, -0.1) is 0 Å². The fourth-order valence-corrected chi connectivity index (χ4v) is 3.07. The summed E-state index contributed by atoms with van der Waals surface area (Å²) in [5.41, 5.74) is -0.128. The van der Waals surface area contributed by atoms with Crippen LogP contribution in [-0.2, 0) is 4.74 Å². The summed E-state index contributed by atoms with van der Waals surface area (Å²) in [5.74, 6) is 0.552. The third-order valence-corrected chi connectivity index (χ3v) is 4.47. The Bertz CT molecular complexity index is 450. The highest BCUT2D eigenvalue weighted by Gasteiger charge is 2.51. The van der Waals surface area contributed by atoms with Crippen LogP contribution in [0, 0.1) is 6.92 Å². The van der Waals surface area contributed by atoms with Crippen molar-refractivity contribution in [3.8, 4) is 0 Å². The van der Waals surface area contributed by atoms with E-state index in [1.807, 2.05) is 0 Å². The lowest BCUT2D eigenvalue weighted by Crippen LogP contribution is -2.48. The van der Waals surface area contributed by atoms with E-state index in [0.717, 1.165) is 43.8 Å². The van der Waals surface area contributed by atoms with Crippen LogP contribution in [0.1, 0.15) is 47.7 Å². The molecule has 0 bridgehead atoms. The lowest BCUT2D eigenvalue weighted by Gasteiger charge is -2.31. The van der Waals surface area contributed by atoms with Crippen molar-refractivity contribution in [2.24, 2.45) is 0 Å². The predicted octanol–water partition coefficient (Wildman–Crippen LogP) is 1.68. The van der Waals surface area contributed by atoms with Gasteiger partial charge in [-0.05, 0) is 50.6 Å². The maximum atomic E-state index is 12.1. The minimum Gasteiger partial charge on any atom is -0.376 e. The number of rotatable bonds is 3. The van der Waals surface area contributed by atoms with Crippen LogP contribution in [0.25, 0.3) is 0 Å². The molecule has 1 N–H and O–H groups in total. The van der Waals surface area contributed by atoms with Crippen LogP contribution in [0.2, 0.25) is 0 Å². The molecule has 2 fully saturated rings. The summed E-state index contributed by atoms with van der Waals surface area (Å²) >= 11 is 1.16. The van der Waals surface area contributed by atoms with Gasteiger partial charge in [-0.1, -0.05) is 0 Å². The molecule has 2 aliphatic rings. The molecule has 0 radical (unpaired) electrons. The number of carbonyl (C=O) groups excluding carboxylic acids is 1. The molecule has 1 aromatic heterocycles. The van der Waals surface area contributed by atoms with Gasteiger partial charge in [0.2, 0.25) is 5.01 Å². The summed E-state index contributed by atoms with van der Waals surface area (Å²) in [6.45, 7) is 2.62. The minimum absolute atomic E-state index is 0.104. The standard InChI is InChI=1S/C12H17N3O2S/c1-8-13-11(18-15-8)10(16)14-12(5-6-12)9-4-2-3-7-17-9/h9H,2-7H2,1H3,(H,14,16). The van der Waals surface area contributed by atoms with Crippen molar-refractivity contribution in [1.82, 2.24) is 14.7 Å². The molecule has 18 heavy (non-hydrogen) atoms. The number of nitrogens with one attached hydrogen (secondary N) is 1. The highest BCUT2D eigenvalue weighted by molar-refractivity contribution is 7.07. The van der Waals surface area contributed by atoms with Gasteiger partial charge in [0.15, 0.2) is 0 Å². The molecular formula is C12H17N3O2S. The zero-order valence-corrected chi connectivity index (χ0v) is 11.3. The van der Waals surface area contributed by atoms with E-state index < -0.39 is 0 Å². The van der Waals surface area contributed by atoms with E-state index in [9.17, 15) is 4.79 Å². The molecule has 1 atom stereocenters. The van der Waals surface area contributed by atoms with Gasteiger partial charge in [0, 0.05) is 6.61 Å². The van der Waals surface area contributed by atoms with Crippen LogP contribution in [0.4, 0.5) is 0 Å². The van der Waals surface area contributed by atoms with Crippen LogP contribution < -0.4 is 5.32 Å². The summed E-state index contributed by atoms with van der Waals surface area (Å²) in [6.07, 6.45) is 5.60. The summed E-state index contributed by atoms with van der Waals surface area (Å²) in [4.78, 5) is 16.2. The first kappa shape index (κ1) is 12.0. The fraction of sp³-hybridized carbons (Fsp3) is 0.750. The van der Waals surface area contributed by atoms with E-state index in [4.69, 9.17) is 4.74 Å². The maximum Gasteiger partial charge on any atom is 0.282 e. The number of amides is 1. The van der Waals surface area contributed by atoms with E-state index in [-0.39, 0.29) is 17.6 Å². The van der Waals surface area contributed by atoms with Gasteiger partial charge in [0.25, 0.3) is 5.91 Å². The lowest BCUT2D eigenvalue weighted by molar-refractivity contribution is -0.0139. The van der Waals surface area contributed by atoms with Crippen molar-refractivity contribution in [2.45, 2.75) is 50.7 Å². The Morgan fingerprint density at radius 3 is 2.89 bits per heavy atom. The molecule has 0 spiro atoms. The van der Waals surface area contributed by atoms with Gasteiger partial charge in [-0.2, -0.15) is 4.37 Å². The molecule has 1 aromatic rings. The smallest absolute Gasteiger partial charge is 0.282 e. The summed E-state index contributed by atoms with van der Waals surface area (Å²) in [5, 5.41) is 3.56. The summed E-state index contributed by atoms with van der Waals surface area (Å²) < 4.78 is 9.84. The first-order valence-corrected chi connectivity index (χ1v) is 7.21. The molecule has 0 aromatic carbocycles. The van der Waals surface area contributed by atoms with Crippen molar-refractivity contribution in [3.63, 3.8) is 0 Å². The third kappa shape index (κ3) is 2.27. The third-order valence-electron chi connectivity index (χ3n) is 3.67. The molecule has 1 amide bonds. The number of aryl methyl sites for hydroxylation is 1. The molecular weight excluding hydrogens is 250 g/mol. The van der Waals surface area contributed by atoms with E-state index >= 15 is 0 Å². The molecule has 1 aliphatic heterocycles. The molecule has 1 aliphatic carbocycles. The van der Waals surface area contributed by atoms with Crippen LogP contribution >= 0.6 is 11.5 Å². The van der Waals surface area contributed by atoms with Gasteiger partial charge in [-0.25, -0.2) is 4.98 Å². The second-order valence-electron chi connectivity index (χ2n) is 5.11. The number of hydrogen-bond donors (Lipinski definition) is 1. The first-order chi connectivity index (χ1) is 8.70. The highest BCUT2D eigenvalue weighted by Crippen LogP contribution is 2.43. The fourth-order valence-electron chi connectivity index (χ4n) is 2.51. The molecule has 1 saturated heterocycles. The molecule has 2 heterocycles. The largest absolute Gasteiger partial charge is 0.376 e. The zero-order chi connectivity index (χ0) is 12.6. The summed E-state index contributed by atoms with van der Waals surface area (Å²) in [6, 6.07) is 0. The Morgan fingerprint density at radius 2 is 2.33 bits per heavy atom. The zero-order valence-electron chi connectivity index (χ0n) is 10.4. The normalized spacial score (nSPS) is 25.7. The Balaban J connectivity index is 1.66.